The van der Waals surface area contributed by atoms with E-state index in [1.54, 1.807) is 6.20 Å². The number of aromatic amines is 1. The van der Waals surface area contributed by atoms with Crippen molar-refractivity contribution in [1.82, 2.24) is 25.7 Å². The van der Waals surface area contributed by atoms with Crippen molar-refractivity contribution in [2.45, 2.75) is 56.7 Å². The summed E-state index contributed by atoms with van der Waals surface area (Å²) in [6.07, 6.45) is 8.36. The Kier molecular flexibility index (Phi) is 5.94. The number of fused-ring (bicyclic) bond motifs is 1. The van der Waals surface area contributed by atoms with E-state index in [9.17, 15) is 9.59 Å². The molecular weight excluding hydrogens is 366 g/mol. The summed E-state index contributed by atoms with van der Waals surface area (Å²) in [5.74, 6) is 0.132. The standard InChI is InChI=1S/C22H29N5O2/c28-20(9-8-18-14-24-25-15-18)26-19-12-22(10-4-5-11-27(22)16-19)21(29)23-13-17-6-2-1-3-7-17/h1-3,6-7,14-15,19H,4-5,8-13,16H2,(H,23,29)(H,24,25)(H,26,28)/t19-,22-/m0/s1. The number of nitrogens with one attached hydrogen (secondary N) is 3. The summed E-state index contributed by atoms with van der Waals surface area (Å²) in [5.41, 5.74) is 1.64. The van der Waals surface area contributed by atoms with E-state index < -0.39 is 5.54 Å². The molecule has 154 valence electrons. The molecule has 2 atom stereocenters. The predicted molar refractivity (Wildman–Crippen MR) is 110 cm³/mol. The van der Waals surface area contributed by atoms with E-state index in [0.29, 0.717) is 25.8 Å². The zero-order valence-electron chi connectivity index (χ0n) is 16.7. The van der Waals surface area contributed by atoms with Crippen molar-refractivity contribution >= 4 is 11.8 Å². The van der Waals surface area contributed by atoms with Gasteiger partial charge in [-0.25, -0.2) is 0 Å². The summed E-state index contributed by atoms with van der Waals surface area (Å²) in [7, 11) is 0. The lowest BCUT2D eigenvalue weighted by atomic mass is 9.84. The topological polar surface area (TPSA) is 90.1 Å². The van der Waals surface area contributed by atoms with Crippen LogP contribution in [-0.2, 0) is 22.6 Å². The Morgan fingerprint density at radius 1 is 1.21 bits per heavy atom. The molecule has 3 N–H and O–H groups in total. The number of nitrogens with zero attached hydrogens (tertiary/aromatic N) is 2. The number of carbonyl (C=O) groups excluding carboxylic acids is 2. The fraction of sp³-hybridized carbons (Fsp3) is 0.500. The number of benzene rings is 1. The van der Waals surface area contributed by atoms with Crippen LogP contribution >= 0.6 is 0 Å². The Morgan fingerprint density at radius 2 is 2.07 bits per heavy atom. The molecule has 0 saturated carbocycles. The molecule has 2 amide bonds. The number of aryl methyl sites for hydroxylation is 1. The first-order chi connectivity index (χ1) is 14.2. The average Bonchev–Trinajstić information content (AvgIpc) is 3.39. The fourth-order valence-corrected chi connectivity index (χ4v) is 4.69. The highest BCUT2D eigenvalue weighted by Crippen LogP contribution is 2.38. The summed E-state index contributed by atoms with van der Waals surface area (Å²) in [5, 5.41) is 13.0. The highest BCUT2D eigenvalue weighted by molar-refractivity contribution is 5.87. The van der Waals surface area contributed by atoms with Gasteiger partial charge in [-0.3, -0.25) is 19.6 Å². The monoisotopic (exact) mass is 395 g/mol. The summed E-state index contributed by atoms with van der Waals surface area (Å²) in [4.78, 5) is 27.9. The van der Waals surface area contributed by atoms with Crippen LogP contribution in [0.15, 0.2) is 42.7 Å². The molecule has 0 radical (unpaired) electrons. The molecule has 0 aliphatic carbocycles. The van der Waals surface area contributed by atoms with E-state index in [1.807, 2.05) is 36.5 Å². The van der Waals surface area contributed by atoms with E-state index in [0.717, 1.165) is 43.5 Å². The van der Waals surface area contributed by atoms with Crippen molar-refractivity contribution in [2.24, 2.45) is 0 Å². The van der Waals surface area contributed by atoms with Gasteiger partial charge >= 0.3 is 0 Å². The third-order valence-corrected chi connectivity index (χ3v) is 6.18. The quantitative estimate of drug-likeness (QED) is 0.667. The lowest BCUT2D eigenvalue weighted by Crippen LogP contribution is -2.57. The Hall–Kier alpha value is -2.67. The van der Waals surface area contributed by atoms with Gasteiger partial charge in [0.15, 0.2) is 0 Å². The summed E-state index contributed by atoms with van der Waals surface area (Å²) < 4.78 is 0. The Labute approximate surface area is 171 Å². The molecule has 7 nitrogen and oxygen atoms in total. The van der Waals surface area contributed by atoms with Crippen LogP contribution in [0.4, 0.5) is 0 Å². The van der Waals surface area contributed by atoms with Crippen molar-refractivity contribution < 1.29 is 9.59 Å². The third kappa shape index (κ3) is 4.50. The Morgan fingerprint density at radius 3 is 2.86 bits per heavy atom. The van der Waals surface area contributed by atoms with Crippen LogP contribution in [0.3, 0.4) is 0 Å². The largest absolute Gasteiger partial charge is 0.352 e. The van der Waals surface area contributed by atoms with E-state index in [2.05, 4.69) is 25.7 Å². The molecule has 2 fully saturated rings. The maximum atomic E-state index is 13.2. The van der Waals surface area contributed by atoms with Gasteiger partial charge in [0, 0.05) is 31.7 Å². The molecular formula is C22H29N5O2. The molecule has 2 aliphatic rings. The van der Waals surface area contributed by atoms with Crippen molar-refractivity contribution in [3.05, 3.63) is 53.9 Å². The second kappa shape index (κ2) is 8.78. The lowest BCUT2D eigenvalue weighted by Gasteiger charge is -2.40. The normalized spacial score (nSPS) is 24.1. The minimum Gasteiger partial charge on any atom is -0.352 e. The molecule has 0 bridgehead atoms. The number of aromatic nitrogens is 2. The fourth-order valence-electron chi connectivity index (χ4n) is 4.69. The van der Waals surface area contributed by atoms with Crippen LogP contribution in [0.25, 0.3) is 0 Å². The van der Waals surface area contributed by atoms with Crippen LogP contribution in [0.5, 0.6) is 0 Å². The van der Waals surface area contributed by atoms with Crippen LogP contribution in [0.1, 0.15) is 43.2 Å². The number of amides is 2. The molecule has 0 spiro atoms. The molecule has 1 aromatic carbocycles. The second-order valence-electron chi connectivity index (χ2n) is 8.18. The van der Waals surface area contributed by atoms with Gasteiger partial charge < -0.3 is 10.6 Å². The van der Waals surface area contributed by atoms with Crippen LogP contribution in [0.2, 0.25) is 0 Å². The van der Waals surface area contributed by atoms with Gasteiger partial charge in [0.05, 0.1) is 6.20 Å². The van der Waals surface area contributed by atoms with Crippen molar-refractivity contribution in [1.29, 1.82) is 0 Å². The first kappa shape index (κ1) is 19.6. The second-order valence-corrected chi connectivity index (χ2v) is 8.18. The van der Waals surface area contributed by atoms with Crippen LogP contribution < -0.4 is 10.6 Å². The molecule has 7 heteroatoms. The first-order valence-electron chi connectivity index (χ1n) is 10.5. The van der Waals surface area contributed by atoms with Crippen molar-refractivity contribution in [2.75, 3.05) is 13.1 Å². The maximum Gasteiger partial charge on any atom is 0.240 e. The Balaban J connectivity index is 1.35. The zero-order valence-corrected chi connectivity index (χ0v) is 16.7. The predicted octanol–water partition coefficient (Wildman–Crippen LogP) is 1.77. The lowest BCUT2D eigenvalue weighted by molar-refractivity contribution is -0.134. The summed E-state index contributed by atoms with van der Waals surface area (Å²) in [6, 6.07) is 10.0. The smallest absolute Gasteiger partial charge is 0.240 e. The third-order valence-electron chi connectivity index (χ3n) is 6.18. The molecule has 1 aromatic heterocycles. The Bertz CT molecular complexity index is 823. The van der Waals surface area contributed by atoms with E-state index in [-0.39, 0.29) is 17.9 Å². The number of carbonyl (C=O) groups is 2. The van der Waals surface area contributed by atoms with Gasteiger partial charge in [-0.15, -0.1) is 0 Å². The number of rotatable bonds is 7. The van der Waals surface area contributed by atoms with Crippen LogP contribution in [0, 0.1) is 0 Å². The number of piperidine rings is 1. The van der Waals surface area contributed by atoms with Gasteiger partial charge in [-0.1, -0.05) is 30.3 Å². The molecule has 3 heterocycles. The van der Waals surface area contributed by atoms with Crippen LogP contribution in [-0.4, -0.2) is 51.6 Å². The minimum absolute atomic E-state index is 0.0208. The molecule has 2 saturated heterocycles. The molecule has 4 rings (SSSR count). The minimum atomic E-state index is -0.491. The first-order valence-corrected chi connectivity index (χ1v) is 10.5. The SMILES string of the molecule is O=C(CCc1cn[nH]c1)N[C@@H]1CN2CCCC[C@@]2(C(=O)NCc2ccccc2)C1. The zero-order chi connectivity index (χ0) is 20.1. The average molecular weight is 396 g/mol. The van der Waals surface area contributed by atoms with Gasteiger partial charge in [-0.05, 0) is 49.8 Å². The highest BCUT2D eigenvalue weighted by atomic mass is 16.2. The van der Waals surface area contributed by atoms with Gasteiger partial charge in [0.1, 0.15) is 5.54 Å². The molecule has 2 aromatic rings. The van der Waals surface area contributed by atoms with Gasteiger partial charge in [0.2, 0.25) is 11.8 Å². The highest BCUT2D eigenvalue weighted by Gasteiger charge is 2.52. The summed E-state index contributed by atoms with van der Waals surface area (Å²) in [6.45, 7) is 2.20. The molecule has 29 heavy (non-hydrogen) atoms. The van der Waals surface area contributed by atoms with E-state index >= 15 is 0 Å². The summed E-state index contributed by atoms with van der Waals surface area (Å²) >= 11 is 0. The number of H-pyrrole nitrogens is 1. The van der Waals surface area contributed by atoms with Gasteiger partial charge in [0.25, 0.3) is 0 Å². The number of hydrogen-bond donors (Lipinski definition) is 3. The van der Waals surface area contributed by atoms with Crippen molar-refractivity contribution in [3.8, 4) is 0 Å². The van der Waals surface area contributed by atoms with Crippen molar-refractivity contribution in [3.63, 3.8) is 0 Å². The number of hydrogen-bond acceptors (Lipinski definition) is 4. The molecule has 2 aliphatic heterocycles. The van der Waals surface area contributed by atoms with E-state index in [4.69, 9.17) is 0 Å². The van der Waals surface area contributed by atoms with Gasteiger partial charge in [-0.2, -0.15) is 5.10 Å². The molecule has 0 unspecified atom stereocenters. The maximum absolute atomic E-state index is 13.2. The van der Waals surface area contributed by atoms with E-state index in [1.165, 1.54) is 0 Å².